The van der Waals surface area contributed by atoms with Crippen LogP contribution in [0.2, 0.25) is 5.02 Å². The molecule has 0 spiro atoms. The predicted molar refractivity (Wildman–Crippen MR) is 66.6 cm³/mol. The van der Waals surface area contributed by atoms with Crippen LogP contribution in [0.3, 0.4) is 0 Å². The van der Waals surface area contributed by atoms with Crippen LogP contribution >= 0.6 is 22.9 Å². The van der Waals surface area contributed by atoms with E-state index in [1.807, 2.05) is 12.1 Å². The van der Waals surface area contributed by atoms with Crippen LogP contribution in [0.15, 0.2) is 18.2 Å². The number of fused-ring (bicyclic) bond motifs is 1. The third-order valence-corrected chi connectivity index (χ3v) is 3.92. The van der Waals surface area contributed by atoms with Crippen molar-refractivity contribution in [3.05, 3.63) is 23.2 Å². The molecule has 0 bridgehead atoms. The van der Waals surface area contributed by atoms with Crippen molar-refractivity contribution in [3.63, 3.8) is 0 Å². The third kappa shape index (κ3) is 1.71. The number of halogens is 1. The highest BCUT2D eigenvalue weighted by Gasteiger charge is 2.30. The Bertz CT molecular complexity index is 637. The molecule has 0 N–H and O–H groups in total. The molecule has 86 valence electrons. The number of para-hydroxylation sites is 1. The number of amides is 1. The molecule has 0 unspecified atom stereocenters. The highest BCUT2D eigenvalue weighted by atomic mass is 35.5. The van der Waals surface area contributed by atoms with Gasteiger partial charge in [-0.2, -0.15) is 0 Å². The minimum atomic E-state index is -0.190. The van der Waals surface area contributed by atoms with E-state index in [1.54, 1.807) is 6.07 Å². The highest BCUT2D eigenvalue weighted by Crippen LogP contribution is 2.33. The number of hydrogen-bond donors (Lipinski definition) is 0. The molecule has 0 saturated carbocycles. The zero-order chi connectivity index (χ0) is 12.0. The fourth-order valence-corrected chi connectivity index (χ4v) is 3.06. The first-order valence-electron chi connectivity index (χ1n) is 5.02. The van der Waals surface area contributed by atoms with Gasteiger partial charge in [0, 0.05) is 0 Å². The van der Waals surface area contributed by atoms with E-state index in [-0.39, 0.29) is 24.7 Å². The summed E-state index contributed by atoms with van der Waals surface area (Å²) in [5.74, 6) is -0.259. The topological polar surface area (TPSA) is 50.3 Å². The molecule has 2 aromatic rings. The van der Waals surface area contributed by atoms with Gasteiger partial charge < -0.3 is 0 Å². The summed E-state index contributed by atoms with van der Waals surface area (Å²) in [5.41, 5.74) is 0.682. The SMILES string of the molecule is O=C1CC(=O)N(c2nc3c(Cl)cccc3s2)C1. The van der Waals surface area contributed by atoms with Gasteiger partial charge >= 0.3 is 0 Å². The molecule has 0 atom stereocenters. The lowest BCUT2D eigenvalue weighted by Gasteiger charge is -2.08. The van der Waals surface area contributed by atoms with Crippen molar-refractivity contribution in [2.45, 2.75) is 6.42 Å². The molecule has 1 aliphatic rings. The number of aromatic nitrogens is 1. The van der Waals surface area contributed by atoms with E-state index in [4.69, 9.17) is 11.6 Å². The average molecular weight is 267 g/mol. The smallest absolute Gasteiger partial charge is 0.236 e. The number of ketones is 1. The van der Waals surface area contributed by atoms with Gasteiger partial charge in [-0.05, 0) is 12.1 Å². The number of Topliss-reactive ketones (excluding diaryl/α,β-unsaturated/α-hetero) is 1. The van der Waals surface area contributed by atoms with Crippen molar-refractivity contribution < 1.29 is 9.59 Å². The first kappa shape index (κ1) is 10.7. The second kappa shape index (κ2) is 3.78. The minimum absolute atomic E-state index is 0.0241. The molecule has 1 aromatic heterocycles. The summed E-state index contributed by atoms with van der Waals surface area (Å²) in [7, 11) is 0. The normalized spacial score (nSPS) is 16.2. The molecule has 17 heavy (non-hydrogen) atoms. The van der Waals surface area contributed by atoms with Crippen molar-refractivity contribution in [1.82, 2.24) is 4.98 Å². The Hall–Kier alpha value is -1.46. The van der Waals surface area contributed by atoms with Crippen LogP contribution in [0.25, 0.3) is 10.2 Å². The van der Waals surface area contributed by atoms with Crippen LogP contribution in [0.4, 0.5) is 5.13 Å². The number of benzene rings is 1. The van der Waals surface area contributed by atoms with Gasteiger partial charge in [0.05, 0.1) is 22.7 Å². The monoisotopic (exact) mass is 266 g/mol. The lowest BCUT2D eigenvalue weighted by molar-refractivity contribution is -0.121. The summed E-state index contributed by atoms with van der Waals surface area (Å²) >= 11 is 7.39. The van der Waals surface area contributed by atoms with Gasteiger partial charge in [0.25, 0.3) is 0 Å². The van der Waals surface area contributed by atoms with Crippen LogP contribution in [-0.2, 0) is 9.59 Å². The average Bonchev–Trinajstić information content (AvgIpc) is 2.82. The van der Waals surface area contributed by atoms with Gasteiger partial charge in [-0.25, -0.2) is 4.98 Å². The zero-order valence-corrected chi connectivity index (χ0v) is 10.2. The van der Waals surface area contributed by atoms with Crippen LogP contribution < -0.4 is 4.90 Å². The molecule has 0 aliphatic carbocycles. The number of rotatable bonds is 1. The van der Waals surface area contributed by atoms with Crippen molar-refractivity contribution in [2.75, 3.05) is 11.4 Å². The maximum atomic E-state index is 11.6. The van der Waals surface area contributed by atoms with E-state index in [0.29, 0.717) is 15.7 Å². The summed E-state index contributed by atoms with van der Waals surface area (Å²) in [6.45, 7) is 0.121. The second-order valence-corrected chi connectivity index (χ2v) is 5.19. The molecule has 3 rings (SSSR count). The summed E-state index contributed by atoms with van der Waals surface area (Å²) in [5, 5.41) is 1.10. The van der Waals surface area contributed by atoms with Crippen molar-refractivity contribution >= 4 is 50.0 Å². The fraction of sp³-hybridized carbons (Fsp3) is 0.182. The summed E-state index contributed by atoms with van der Waals surface area (Å²) in [6.07, 6.45) is -0.0241. The highest BCUT2D eigenvalue weighted by molar-refractivity contribution is 7.22. The van der Waals surface area contributed by atoms with Gasteiger partial charge in [-0.1, -0.05) is 29.0 Å². The number of thiazole rings is 1. The number of nitrogens with zero attached hydrogens (tertiary/aromatic N) is 2. The summed E-state index contributed by atoms with van der Waals surface area (Å²) in [4.78, 5) is 28.5. The van der Waals surface area contributed by atoms with Gasteiger partial charge in [0.2, 0.25) is 5.91 Å². The van der Waals surface area contributed by atoms with Gasteiger partial charge in [-0.3, -0.25) is 14.5 Å². The fourth-order valence-electron chi connectivity index (χ4n) is 1.78. The van der Waals surface area contributed by atoms with Crippen molar-refractivity contribution in [1.29, 1.82) is 0 Å². The van der Waals surface area contributed by atoms with Crippen molar-refractivity contribution in [2.24, 2.45) is 0 Å². The summed E-state index contributed by atoms with van der Waals surface area (Å²) < 4.78 is 0.916. The Labute approximate surface area is 106 Å². The van der Waals surface area contributed by atoms with E-state index >= 15 is 0 Å². The lowest BCUT2D eigenvalue weighted by atomic mass is 10.3. The van der Waals surface area contributed by atoms with E-state index in [1.165, 1.54) is 16.2 Å². The quantitative estimate of drug-likeness (QED) is 0.744. The zero-order valence-electron chi connectivity index (χ0n) is 8.64. The van der Waals surface area contributed by atoms with E-state index in [0.717, 1.165) is 4.70 Å². The molecule has 1 aliphatic heterocycles. The van der Waals surface area contributed by atoms with Crippen LogP contribution in [0.5, 0.6) is 0 Å². The molecule has 1 amide bonds. The van der Waals surface area contributed by atoms with E-state index in [9.17, 15) is 9.59 Å². The van der Waals surface area contributed by atoms with Crippen molar-refractivity contribution in [3.8, 4) is 0 Å². The first-order valence-corrected chi connectivity index (χ1v) is 6.22. The Morgan fingerprint density at radius 1 is 1.35 bits per heavy atom. The molecule has 1 aromatic carbocycles. The largest absolute Gasteiger partial charge is 0.297 e. The third-order valence-electron chi connectivity index (χ3n) is 2.57. The van der Waals surface area contributed by atoms with E-state index in [2.05, 4.69) is 4.98 Å². The maximum Gasteiger partial charge on any atom is 0.236 e. The Kier molecular flexibility index (Phi) is 2.38. The van der Waals surface area contributed by atoms with E-state index < -0.39 is 0 Å². The molecule has 2 heterocycles. The van der Waals surface area contributed by atoms with Gasteiger partial charge in [0.1, 0.15) is 5.52 Å². The number of carbonyl (C=O) groups is 2. The number of anilines is 1. The Morgan fingerprint density at radius 2 is 2.18 bits per heavy atom. The molecular weight excluding hydrogens is 260 g/mol. The maximum absolute atomic E-state index is 11.6. The number of hydrogen-bond acceptors (Lipinski definition) is 4. The first-order chi connectivity index (χ1) is 8.15. The molecule has 6 heteroatoms. The van der Waals surface area contributed by atoms with Gasteiger partial charge in [-0.15, -0.1) is 0 Å². The predicted octanol–water partition coefficient (Wildman–Crippen LogP) is 2.26. The Balaban J connectivity index is 2.10. The molecule has 0 radical (unpaired) electrons. The number of carbonyl (C=O) groups excluding carboxylic acids is 2. The lowest BCUT2D eigenvalue weighted by Crippen LogP contribution is -2.24. The van der Waals surface area contributed by atoms with Crippen LogP contribution in [0, 0.1) is 0 Å². The Morgan fingerprint density at radius 3 is 2.82 bits per heavy atom. The molecular formula is C11H7ClN2O2S. The molecule has 4 nitrogen and oxygen atoms in total. The van der Waals surface area contributed by atoms with Crippen LogP contribution in [0.1, 0.15) is 6.42 Å². The van der Waals surface area contributed by atoms with Crippen LogP contribution in [-0.4, -0.2) is 23.2 Å². The van der Waals surface area contributed by atoms with Gasteiger partial charge in [0.15, 0.2) is 10.9 Å². The molecule has 1 saturated heterocycles. The molecule has 1 fully saturated rings. The summed E-state index contributed by atoms with van der Waals surface area (Å²) in [6, 6.07) is 5.48. The standard InChI is InChI=1S/C11H7ClN2O2S/c12-7-2-1-3-8-10(7)13-11(17-8)14-5-6(15)4-9(14)16/h1-3H,4-5H2. The minimum Gasteiger partial charge on any atom is -0.297 e. The second-order valence-electron chi connectivity index (χ2n) is 3.78.